The minimum absolute atomic E-state index is 0.0938. The average Bonchev–Trinajstić information content (AvgIpc) is 1.88. The number of hydrogen-bond donors (Lipinski definition) is 2. The molecule has 0 aliphatic carbocycles. The molecule has 0 unspecified atom stereocenters. The summed E-state index contributed by atoms with van der Waals surface area (Å²) < 4.78 is 0. The Bertz CT molecular complexity index is 85.0. The highest BCUT2D eigenvalue weighted by molar-refractivity contribution is 4.73. The molecule has 1 rings (SSSR count). The molecule has 0 spiro atoms. The largest absolute Gasteiger partial charge is 0.392 e. The SMILES string of the molecule is CC[C@@H]1CNC[C@@H](O)C1. The second-order valence-electron chi connectivity index (χ2n) is 2.82. The summed E-state index contributed by atoms with van der Waals surface area (Å²) in [7, 11) is 0. The summed E-state index contributed by atoms with van der Waals surface area (Å²) in [6, 6.07) is 0. The van der Waals surface area contributed by atoms with Crippen LogP contribution in [-0.2, 0) is 0 Å². The third-order valence-electron chi connectivity index (χ3n) is 2.00. The van der Waals surface area contributed by atoms with Gasteiger partial charge in [0.1, 0.15) is 0 Å². The molecule has 0 amide bonds. The highest BCUT2D eigenvalue weighted by Crippen LogP contribution is 2.12. The smallest absolute Gasteiger partial charge is 0.0667 e. The van der Waals surface area contributed by atoms with Crippen LogP contribution in [0, 0.1) is 5.92 Å². The number of rotatable bonds is 1. The molecule has 0 bridgehead atoms. The van der Waals surface area contributed by atoms with Crippen molar-refractivity contribution in [2.45, 2.75) is 25.9 Å². The highest BCUT2D eigenvalue weighted by atomic mass is 16.3. The molecule has 2 nitrogen and oxygen atoms in total. The summed E-state index contributed by atoms with van der Waals surface area (Å²) in [6.07, 6.45) is 2.08. The van der Waals surface area contributed by atoms with E-state index in [0.29, 0.717) is 5.92 Å². The van der Waals surface area contributed by atoms with Crippen LogP contribution >= 0.6 is 0 Å². The fraction of sp³-hybridized carbons (Fsp3) is 1.00. The number of aliphatic hydroxyl groups is 1. The molecule has 2 N–H and O–H groups in total. The second-order valence-corrected chi connectivity index (χ2v) is 2.82. The lowest BCUT2D eigenvalue weighted by atomic mass is 9.95. The van der Waals surface area contributed by atoms with E-state index in [0.717, 1.165) is 19.5 Å². The maximum absolute atomic E-state index is 9.15. The van der Waals surface area contributed by atoms with Crippen LogP contribution < -0.4 is 5.32 Å². The van der Waals surface area contributed by atoms with Gasteiger partial charge in [0.25, 0.3) is 0 Å². The van der Waals surface area contributed by atoms with E-state index in [-0.39, 0.29) is 6.10 Å². The predicted octanol–water partition coefficient (Wildman–Crippen LogP) is 0.367. The third-order valence-corrected chi connectivity index (χ3v) is 2.00. The van der Waals surface area contributed by atoms with Gasteiger partial charge in [-0.15, -0.1) is 0 Å². The Hall–Kier alpha value is -0.0800. The van der Waals surface area contributed by atoms with Gasteiger partial charge in [0.2, 0.25) is 0 Å². The van der Waals surface area contributed by atoms with Gasteiger partial charge in [0, 0.05) is 6.54 Å². The highest BCUT2D eigenvalue weighted by Gasteiger charge is 2.17. The molecule has 2 atom stereocenters. The van der Waals surface area contributed by atoms with Crippen molar-refractivity contribution in [2.24, 2.45) is 5.92 Å². The molecule has 0 radical (unpaired) electrons. The summed E-state index contributed by atoms with van der Waals surface area (Å²) in [4.78, 5) is 0. The molecule has 0 aromatic rings. The fourth-order valence-corrected chi connectivity index (χ4v) is 1.32. The van der Waals surface area contributed by atoms with Gasteiger partial charge in [-0.1, -0.05) is 13.3 Å². The summed E-state index contributed by atoms with van der Waals surface area (Å²) in [5.41, 5.74) is 0. The van der Waals surface area contributed by atoms with E-state index in [1.54, 1.807) is 0 Å². The van der Waals surface area contributed by atoms with E-state index in [4.69, 9.17) is 5.11 Å². The van der Waals surface area contributed by atoms with E-state index in [2.05, 4.69) is 12.2 Å². The Morgan fingerprint density at radius 2 is 2.33 bits per heavy atom. The molecule has 0 aromatic carbocycles. The van der Waals surface area contributed by atoms with Crippen molar-refractivity contribution < 1.29 is 5.11 Å². The molecular weight excluding hydrogens is 114 g/mol. The van der Waals surface area contributed by atoms with E-state index >= 15 is 0 Å². The molecule has 1 fully saturated rings. The van der Waals surface area contributed by atoms with Gasteiger partial charge in [0.15, 0.2) is 0 Å². The Labute approximate surface area is 56.3 Å². The van der Waals surface area contributed by atoms with Crippen molar-refractivity contribution in [3.05, 3.63) is 0 Å². The van der Waals surface area contributed by atoms with Gasteiger partial charge < -0.3 is 10.4 Å². The molecule has 1 aliphatic heterocycles. The first-order chi connectivity index (χ1) is 4.33. The molecule has 1 saturated heterocycles. The van der Waals surface area contributed by atoms with E-state index in [9.17, 15) is 0 Å². The Morgan fingerprint density at radius 3 is 2.78 bits per heavy atom. The monoisotopic (exact) mass is 129 g/mol. The molecular formula is C7H15NO. The zero-order valence-corrected chi connectivity index (χ0v) is 5.93. The van der Waals surface area contributed by atoms with Crippen molar-refractivity contribution in [2.75, 3.05) is 13.1 Å². The standard InChI is InChI=1S/C7H15NO/c1-2-6-3-7(9)5-8-4-6/h6-9H,2-5H2,1H3/t6-,7-/m0/s1. The Morgan fingerprint density at radius 1 is 1.56 bits per heavy atom. The molecule has 2 heteroatoms. The normalized spacial score (nSPS) is 36.7. The molecule has 9 heavy (non-hydrogen) atoms. The van der Waals surface area contributed by atoms with Crippen LogP contribution in [0.4, 0.5) is 0 Å². The minimum Gasteiger partial charge on any atom is -0.392 e. The van der Waals surface area contributed by atoms with Gasteiger partial charge >= 0.3 is 0 Å². The molecule has 0 aromatic heterocycles. The first kappa shape index (κ1) is 7.03. The summed E-state index contributed by atoms with van der Waals surface area (Å²) in [5, 5.41) is 12.3. The summed E-state index contributed by atoms with van der Waals surface area (Å²) >= 11 is 0. The Balaban J connectivity index is 2.23. The van der Waals surface area contributed by atoms with Crippen LogP contribution in [0.3, 0.4) is 0 Å². The van der Waals surface area contributed by atoms with Gasteiger partial charge in [0.05, 0.1) is 6.10 Å². The van der Waals surface area contributed by atoms with Gasteiger partial charge in [-0.25, -0.2) is 0 Å². The topological polar surface area (TPSA) is 32.3 Å². The quantitative estimate of drug-likeness (QED) is 0.536. The van der Waals surface area contributed by atoms with Crippen molar-refractivity contribution >= 4 is 0 Å². The van der Waals surface area contributed by atoms with Gasteiger partial charge in [-0.3, -0.25) is 0 Å². The number of aliphatic hydroxyl groups excluding tert-OH is 1. The van der Waals surface area contributed by atoms with Crippen molar-refractivity contribution in [1.82, 2.24) is 5.32 Å². The Kier molecular flexibility index (Phi) is 2.49. The van der Waals surface area contributed by atoms with E-state index < -0.39 is 0 Å². The second kappa shape index (κ2) is 3.18. The zero-order chi connectivity index (χ0) is 6.69. The fourth-order valence-electron chi connectivity index (χ4n) is 1.32. The molecule has 1 heterocycles. The summed E-state index contributed by atoms with van der Waals surface area (Å²) in [5.74, 6) is 0.703. The van der Waals surface area contributed by atoms with Crippen molar-refractivity contribution in [1.29, 1.82) is 0 Å². The minimum atomic E-state index is -0.0938. The third kappa shape index (κ3) is 1.95. The van der Waals surface area contributed by atoms with Crippen molar-refractivity contribution in [3.8, 4) is 0 Å². The van der Waals surface area contributed by atoms with Gasteiger partial charge in [-0.2, -0.15) is 0 Å². The van der Waals surface area contributed by atoms with E-state index in [1.807, 2.05) is 0 Å². The van der Waals surface area contributed by atoms with Crippen molar-refractivity contribution in [3.63, 3.8) is 0 Å². The molecule has 0 saturated carbocycles. The first-order valence-corrected chi connectivity index (χ1v) is 3.71. The maximum atomic E-state index is 9.15. The lowest BCUT2D eigenvalue weighted by Crippen LogP contribution is -2.38. The van der Waals surface area contributed by atoms with E-state index in [1.165, 1.54) is 6.42 Å². The number of nitrogens with one attached hydrogen (secondary N) is 1. The summed E-state index contributed by atoms with van der Waals surface area (Å²) in [6.45, 7) is 4.05. The maximum Gasteiger partial charge on any atom is 0.0667 e. The lowest BCUT2D eigenvalue weighted by molar-refractivity contribution is 0.113. The van der Waals surface area contributed by atoms with Crippen LogP contribution in [0.25, 0.3) is 0 Å². The predicted molar refractivity (Wildman–Crippen MR) is 37.3 cm³/mol. The van der Waals surface area contributed by atoms with Gasteiger partial charge in [-0.05, 0) is 18.9 Å². The van der Waals surface area contributed by atoms with Crippen LogP contribution in [0.5, 0.6) is 0 Å². The lowest BCUT2D eigenvalue weighted by Gasteiger charge is -2.25. The molecule has 1 aliphatic rings. The zero-order valence-electron chi connectivity index (χ0n) is 5.93. The number of hydrogen-bond acceptors (Lipinski definition) is 2. The average molecular weight is 129 g/mol. The molecule has 54 valence electrons. The number of β-amino-alcohol motifs (C(OH)–C–C–N with tert-alkyl or cyclic N) is 1. The van der Waals surface area contributed by atoms with Crippen LogP contribution in [0.15, 0.2) is 0 Å². The number of piperidine rings is 1. The van der Waals surface area contributed by atoms with Crippen LogP contribution in [0.2, 0.25) is 0 Å². The first-order valence-electron chi connectivity index (χ1n) is 3.71. The van der Waals surface area contributed by atoms with Crippen LogP contribution in [-0.4, -0.2) is 24.3 Å². The van der Waals surface area contributed by atoms with Crippen LogP contribution in [0.1, 0.15) is 19.8 Å².